The van der Waals surface area contributed by atoms with Crippen LogP contribution in [0.3, 0.4) is 0 Å². The molecule has 0 radical (unpaired) electrons. The summed E-state index contributed by atoms with van der Waals surface area (Å²) in [6.45, 7) is 1.04. The van der Waals surface area contributed by atoms with Crippen molar-refractivity contribution in [2.75, 3.05) is 18.4 Å². The number of carbonyl (C=O) groups is 1. The quantitative estimate of drug-likeness (QED) is 0.488. The minimum absolute atomic E-state index is 0.135. The number of aromatic nitrogens is 1. The molecule has 1 amide bonds. The number of rotatable bonds is 5. The zero-order valence-corrected chi connectivity index (χ0v) is 16.7. The van der Waals surface area contributed by atoms with Crippen LogP contribution in [0.25, 0.3) is 10.2 Å². The fraction of sp³-hybridized carbons (Fsp3) is 0.222. The molecule has 2 aromatic carbocycles. The summed E-state index contributed by atoms with van der Waals surface area (Å²) >= 11 is 1.14. The van der Waals surface area contributed by atoms with Gasteiger partial charge in [-0.15, -0.1) is 0 Å². The number of anilines is 1. The van der Waals surface area contributed by atoms with E-state index in [-0.39, 0.29) is 21.3 Å². The lowest BCUT2D eigenvalue weighted by Crippen LogP contribution is -2.27. The zero-order valence-electron chi connectivity index (χ0n) is 15.1. The predicted molar refractivity (Wildman–Crippen MR) is 109 cm³/mol. The van der Waals surface area contributed by atoms with Crippen molar-refractivity contribution in [2.24, 2.45) is 0 Å². The number of nitro groups is 1. The fourth-order valence-electron chi connectivity index (χ4n) is 3.13. The van der Waals surface area contributed by atoms with Crippen molar-refractivity contribution in [3.05, 3.63) is 58.1 Å². The minimum atomic E-state index is -3.54. The first-order valence-corrected chi connectivity index (χ1v) is 11.1. The van der Waals surface area contributed by atoms with Gasteiger partial charge in [-0.05, 0) is 37.1 Å². The van der Waals surface area contributed by atoms with E-state index in [2.05, 4.69) is 10.3 Å². The number of sulfonamides is 1. The van der Waals surface area contributed by atoms with E-state index in [1.54, 1.807) is 12.1 Å². The average Bonchev–Trinajstić information content (AvgIpc) is 3.37. The van der Waals surface area contributed by atoms with Crippen LogP contribution in [-0.4, -0.2) is 41.6 Å². The molecule has 1 aliphatic heterocycles. The molecule has 0 unspecified atom stereocenters. The van der Waals surface area contributed by atoms with Crippen molar-refractivity contribution in [2.45, 2.75) is 17.7 Å². The number of nitrogens with zero attached hydrogens (tertiary/aromatic N) is 3. The summed E-state index contributed by atoms with van der Waals surface area (Å²) < 4.78 is 27.5. The smallest absolute Gasteiger partial charge is 0.270 e. The topological polar surface area (TPSA) is 123 Å². The molecule has 3 aromatic rings. The molecule has 29 heavy (non-hydrogen) atoms. The van der Waals surface area contributed by atoms with E-state index in [0.29, 0.717) is 23.3 Å². The summed E-state index contributed by atoms with van der Waals surface area (Å²) in [7, 11) is -3.54. The predicted octanol–water partition coefficient (Wildman–Crippen LogP) is 3.24. The third-order valence-corrected chi connectivity index (χ3v) is 7.43. The molecule has 1 N–H and O–H groups in total. The van der Waals surface area contributed by atoms with E-state index in [1.165, 1.54) is 34.6 Å². The molecule has 0 bridgehead atoms. The van der Waals surface area contributed by atoms with Crippen LogP contribution in [0.4, 0.5) is 10.8 Å². The fourth-order valence-corrected chi connectivity index (χ4v) is 5.65. The molecule has 1 aliphatic rings. The van der Waals surface area contributed by atoms with E-state index in [1.807, 2.05) is 0 Å². The van der Waals surface area contributed by atoms with E-state index >= 15 is 0 Å². The van der Waals surface area contributed by atoms with Crippen LogP contribution < -0.4 is 5.32 Å². The highest BCUT2D eigenvalue weighted by Gasteiger charge is 2.27. The Morgan fingerprint density at radius 3 is 2.66 bits per heavy atom. The molecule has 1 aromatic heterocycles. The van der Waals surface area contributed by atoms with Crippen LogP contribution >= 0.6 is 11.3 Å². The van der Waals surface area contributed by atoms with E-state index < -0.39 is 20.9 Å². The van der Waals surface area contributed by atoms with Gasteiger partial charge in [0.05, 0.1) is 20.0 Å². The molecule has 1 saturated heterocycles. The van der Waals surface area contributed by atoms with Crippen molar-refractivity contribution in [3.63, 3.8) is 0 Å². The maximum atomic E-state index is 12.7. The molecule has 0 atom stereocenters. The molecule has 0 spiro atoms. The molecule has 0 saturated carbocycles. The third kappa shape index (κ3) is 3.84. The van der Waals surface area contributed by atoms with Crippen LogP contribution in [0.2, 0.25) is 0 Å². The Morgan fingerprint density at radius 1 is 1.17 bits per heavy atom. The van der Waals surface area contributed by atoms with Gasteiger partial charge in [0.25, 0.3) is 11.6 Å². The molecule has 0 aliphatic carbocycles. The molecule has 150 valence electrons. The van der Waals surface area contributed by atoms with Gasteiger partial charge in [0.15, 0.2) is 5.13 Å². The second-order valence-corrected chi connectivity index (χ2v) is 9.49. The molecule has 4 rings (SSSR count). The van der Waals surface area contributed by atoms with Gasteiger partial charge in [0.1, 0.15) is 0 Å². The van der Waals surface area contributed by atoms with Crippen molar-refractivity contribution < 1.29 is 18.1 Å². The third-order valence-electron chi connectivity index (χ3n) is 4.60. The van der Waals surface area contributed by atoms with Crippen LogP contribution in [0.1, 0.15) is 23.2 Å². The number of nitrogens with one attached hydrogen (secondary N) is 1. The molecular formula is C18H16N4O5S2. The monoisotopic (exact) mass is 432 g/mol. The Labute approximate surface area is 170 Å². The largest absolute Gasteiger partial charge is 0.298 e. The molecule has 9 nitrogen and oxygen atoms in total. The van der Waals surface area contributed by atoms with Crippen LogP contribution in [0.15, 0.2) is 47.4 Å². The van der Waals surface area contributed by atoms with Crippen molar-refractivity contribution in [3.8, 4) is 0 Å². The van der Waals surface area contributed by atoms with Gasteiger partial charge in [0, 0.05) is 30.8 Å². The van der Waals surface area contributed by atoms with Gasteiger partial charge in [-0.2, -0.15) is 4.31 Å². The second-order valence-electron chi connectivity index (χ2n) is 6.52. The Morgan fingerprint density at radius 2 is 1.93 bits per heavy atom. The number of nitro benzene ring substituents is 1. The van der Waals surface area contributed by atoms with Crippen LogP contribution in [-0.2, 0) is 10.0 Å². The summed E-state index contributed by atoms with van der Waals surface area (Å²) in [4.78, 5) is 27.2. The standard InChI is InChI=1S/C18H16N4O5S2/c23-17(12-4-3-5-13(10-12)22(24)25)20-18-19-15-7-6-14(11-16(15)28-18)29(26,27)21-8-1-2-9-21/h3-7,10-11H,1-2,8-9H2,(H,19,20,23). The molecule has 11 heteroatoms. The Balaban J connectivity index is 1.59. The lowest BCUT2D eigenvalue weighted by Gasteiger charge is -2.15. The van der Waals surface area contributed by atoms with Crippen LogP contribution in [0, 0.1) is 10.1 Å². The maximum absolute atomic E-state index is 12.7. The summed E-state index contributed by atoms with van der Waals surface area (Å²) in [5.74, 6) is -0.530. The van der Waals surface area contributed by atoms with Crippen molar-refractivity contribution in [1.82, 2.24) is 9.29 Å². The molecule has 2 heterocycles. The molecular weight excluding hydrogens is 416 g/mol. The highest BCUT2D eigenvalue weighted by atomic mass is 32.2. The highest BCUT2D eigenvalue weighted by Crippen LogP contribution is 2.30. The van der Waals surface area contributed by atoms with Crippen molar-refractivity contribution in [1.29, 1.82) is 0 Å². The molecule has 1 fully saturated rings. The lowest BCUT2D eigenvalue weighted by atomic mass is 10.2. The average molecular weight is 432 g/mol. The Kier molecular flexibility index (Phi) is 5.03. The van der Waals surface area contributed by atoms with E-state index in [4.69, 9.17) is 0 Å². The highest BCUT2D eigenvalue weighted by molar-refractivity contribution is 7.89. The van der Waals surface area contributed by atoms with E-state index in [9.17, 15) is 23.3 Å². The van der Waals surface area contributed by atoms with Crippen LogP contribution in [0.5, 0.6) is 0 Å². The number of fused-ring (bicyclic) bond motifs is 1. The van der Waals surface area contributed by atoms with Gasteiger partial charge < -0.3 is 0 Å². The minimum Gasteiger partial charge on any atom is -0.298 e. The number of carbonyl (C=O) groups excluding carboxylic acids is 1. The summed E-state index contributed by atoms with van der Waals surface area (Å²) in [6.07, 6.45) is 1.71. The lowest BCUT2D eigenvalue weighted by molar-refractivity contribution is -0.384. The summed E-state index contributed by atoms with van der Waals surface area (Å²) in [6, 6.07) is 10.1. The van der Waals surface area contributed by atoms with Gasteiger partial charge >= 0.3 is 0 Å². The number of thiazole rings is 1. The summed E-state index contributed by atoms with van der Waals surface area (Å²) in [5, 5.41) is 13.8. The SMILES string of the molecule is O=C(Nc1nc2ccc(S(=O)(=O)N3CCCC3)cc2s1)c1cccc([N+](=O)[O-])c1. The summed E-state index contributed by atoms with van der Waals surface area (Å²) in [5.41, 5.74) is 0.513. The Bertz CT molecular complexity index is 1220. The normalized spacial score (nSPS) is 14.9. The first kappa shape index (κ1) is 19.4. The van der Waals surface area contributed by atoms with E-state index in [0.717, 1.165) is 24.2 Å². The van der Waals surface area contributed by atoms with Gasteiger partial charge in [-0.25, -0.2) is 13.4 Å². The first-order valence-electron chi connectivity index (χ1n) is 8.81. The number of hydrogen-bond donors (Lipinski definition) is 1. The zero-order chi connectivity index (χ0) is 20.6. The number of benzene rings is 2. The van der Waals surface area contributed by atoms with Crippen molar-refractivity contribution >= 4 is 48.3 Å². The van der Waals surface area contributed by atoms with Gasteiger partial charge in [0.2, 0.25) is 10.0 Å². The number of amides is 1. The number of hydrogen-bond acceptors (Lipinski definition) is 7. The van der Waals surface area contributed by atoms with Gasteiger partial charge in [-0.1, -0.05) is 17.4 Å². The van der Waals surface area contributed by atoms with Gasteiger partial charge in [-0.3, -0.25) is 20.2 Å². The second kappa shape index (κ2) is 7.50. The number of non-ortho nitro benzene ring substituents is 1. The Hall–Kier alpha value is -2.89. The maximum Gasteiger partial charge on any atom is 0.270 e. The first-order chi connectivity index (χ1) is 13.8.